The monoisotopic (exact) mass is 410 g/mol. The third-order valence-electron chi connectivity index (χ3n) is 5.57. The number of phenolic OH excluding ortho intramolecular Hbond substituents is 1. The summed E-state index contributed by atoms with van der Waals surface area (Å²) in [6.07, 6.45) is 3.78. The molecule has 0 saturated carbocycles. The lowest BCUT2D eigenvalue weighted by atomic mass is 9.98. The Labute approximate surface area is 178 Å². The maximum Gasteiger partial charge on any atom is 0.237 e. The Morgan fingerprint density at radius 1 is 1.13 bits per heavy atom. The van der Waals surface area contributed by atoms with Crippen molar-refractivity contribution in [2.75, 3.05) is 33.9 Å². The van der Waals surface area contributed by atoms with Crippen molar-refractivity contribution < 1.29 is 19.4 Å². The second-order valence-electron chi connectivity index (χ2n) is 7.43. The summed E-state index contributed by atoms with van der Waals surface area (Å²) in [6, 6.07) is 12.9. The largest absolute Gasteiger partial charge is 0.508 e. The van der Waals surface area contributed by atoms with E-state index < -0.39 is 0 Å². The van der Waals surface area contributed by atoms with Crippen LogP contribution in [0.15, 0.2) is 48.5 Å². The minimum absolute atomic E-state index is 0.0389. The second kappa shape index (κ2) is 10.2. The number of benzene rings is 2. The summed E-state index contributed by atoms with van der Waals surface area (Å²) in [5, 5.41) is 12.5. The van der Waals surface area contributed by atoms with Crippen LogP contribution in [0.1, 0.15) is 24.5 Å². The van der Waals surface area contributed by atoms with Crippen molar-refractivity contribution in [1.82, 2.24) is 10.2 Å². The predicted molar refractivity (Wildman–Crippen MR) is 118 cm³/mol. The van der Waals surface area contributed by atoms with Gasteiger partial charge in [0.25, 0.3) is 0 Å². The second-order valence-corrected chi connectivity index (χ2v) is 7.43. The normalized spacial score (nSPS) is 15.2. The Kier molecular flexibility index (Phi) is 7.36. The maximum atomic E-state index is 12.6. The van der Waals surface area contributed by atoms with E-state index in [4.69, 9.17) is 9.47 Å². The van der Waals surface area contributed by atoms with E-state index in [1.807, 2.05) is 37.3 Å². The summed E-state index contributed by atoms with van der Waals surface area (Å²) in [6.45, 7) is 4.09. The summed E-state index contributed by atoms with van der Waals surface area (Å²) in [4.78, 5) is 14.8. The first-order valence-corrected chi connectivity index (χ1v) is 10.2. The molecule has 1 heterocycles. The average molecular weight is 411 g/mol. The number of carbonyl (C=O) groups is 1. The van der Waals surface area contributed by atoms with E-state index in [1.165, 1.54) is 5.57 Å². The number of aromatic hydroxyl groups is 1. The number of hydrogen-bond acceptors (Lipinski definition) is 5. The zero-order valence-corrected chi connectivity index (χ0v) is 17.9. The highest BCUT2D eigenvalue weighted by Gasteiger charge is 2.23. The molecule has 0 bridgehead atoms. The molecule has 6 heteroatoms. The predicted octanol–water partition coefficient (Wildman–Crippen LogP) is 3.25. The Morgan fingerprint density at radius 2 is 1.87 bits per heavy atom. The standard InChI is InChI=1S/C24H30N2O4/c1-17(26-14-11-20(12-15-26)19-5-7-21(27)8-6-19)24(28)25-13-10-18-4-9-22(29-2)23(16-18)30-3/h4-9,11,16-17,27H,10,12-15H2,1-3H3,(H,25,28). The Bertz CT molecular complexity index is 893. The van der Waals surface area contributed by atoms with Gasteiger partial charge in [-0.05, 0) is 60.7 Å². The van der Waals surface area contributed by atoms with E-state index in [9.17, 15) is 9.90 Å². The van der Waals surface area contributed by atoms with Gasteiger partial charge in [-0.1, -0.05) is 24.3 Å². The van der Waals surface area contributed by atoms with Crippen molar-refractivity contribution in [2.45, 2.75) is 25.8 Å². The Morgan fingerprint density at radius 3 is 2.50 bits per heavy atom. The molecular weight excluding hydrogens is 380 g/mol. The van der Waals surface area contributed by atoms with Gasteiger partial charge >= 0.3 is 0 Å². The molecule has 3 rings (SSSR count). The Balaban J connectivity index is 1.49. The molecule has 0 aliphatic carbocycles. The smallest absolute Gasteiger partial charge is 0.237 e. The van der Waals surface area contributed by atoms with Crippen LogP contribution >= 0.6 is 0 Å². The highest BCUT2D eigenvalue weighted by molar-refractivity contribution is 5.81. The summed E-state index contributed by atoms with van der Waals surface area (Å²) < 4.78 is 10.6. The molecule has 1 amide bonds. The van der Waals surface area contributed by atoms with Crippen LogP contribution in [0, 0.1) is 0 Å². The molecule has 1 aliphatic heterocycles. The van der Waals surface area contributed by atoms with Gasteiger partial charge in [-0.3, -0.25) is 9.69 Å². The van der Waals surface area contributed by atoms with Gasteiger partial charge in [0.2, 0.25) is 5.91 Å². The van der Waals surface area contributed by atoms with Crippen LogP contribution in [-0.4, -0.2) is 55.8 Å². The quantitative estimate of drug-likeness (QED) is 0.699. The van der Waals surface area contributed by atoms with Gasteiger partial charge in [0.05, 0.1) is 20.3 Å². The first-order chi connectivity index (χ1) is 14.5. The van der Waals surface area contributed by atoms with Crippen LogP contribution < -0.4 is 14.8 Å². The van der Waals surface area contributed by atoms with E-state index in [2.05, 4.69) is 16.3 Å². The molecule has 0 aromatic heterocycles. The van der Waals surface area contributed by atoms with Crippen molar-refractivity contribution in [2.24, 2.45) is 0 Å². The minimum atomic E-state index is -0.187. The first kappa shape index (κ1) is 21.7. The van der Waals surface area contributed by atoms with Gasteiger partial charge in [-0.15, -0.1) is 0 Å². The molecule has 0 spiro atoms. The van der Waals surface area contributed by atoms with Gasteiger partial charge in [-0.2, -0.15) is 0 Å². The number of nitrogens with zero attached hydrogens (tertiary/aromatic N) is 1. The van der Waals surface area contributed by atoms with E-state index >= 15 is 0 Å². The summed E-state index contributed by atoms with van der Waals surface area (Å²) in [7, 11) is 3.23. The van der Waals surface area contributed by atoms with Crippen LogP contribution in [0.5, 0.6) is 17.2 Å². The van der Waals surface area contributed by atoms with Crippen LogP contribution in [0.3, 0.4) is 0 Å². The number of phenols is 1. The van der Waals surface area contributed by atoms with Crippen LogP contribution in [0.4, 0.5) is 0 Å². The first-order valence-electron chi connectivity index (χ1n) is 10.2. The molecule has 0 fully saturated rings. The zero-order chi connectivity index (χ0) is 21.5. The Hall–Kier alpha value is -2.99. The number of amides is 1. The fourth-order valence-electron chi connectivity index (χ4n) is 3.65. The fourth-order valence-corrected chi connectivity index (χ4v) is 3.65. The van der Waals surface area contributed by atoms with E-state index in [1.54, 1.807) is 26.4 Å². The van der Waals surface area contributed by atoms with E-state index in [0.717, 1.165) is 37.1 Å². The van der Waals surface area contributed by atoms with Crippen molar-refractivity contribution >= 4 is 11.5 Å². The molecule has 2 aromatic rings. The third-order valence-corrected chi connectivity index (χ3v) is 5.57. The third kappa shape index (κ3) is 5.33. The lowest BCUT2D eigenvalue weighted by Gasteiger charge is -2.31. The SMILES string of the molecule is COc1ccc(CCNC(=O)C(C)N2CC=C(c3ccc(O)cc3)CC2)cc1OC. The molecule has 6 nitrogen and oxygen atoms in total. The van der Waals surface area contributed by atoms with Crippen LogP contribution in [-0.2, 0) is 11.2 Å². The number of nitrogens with one attached hydrogen (secondary N) is 1. The molecule has 1 unspecified atom stereocenters. The lowest BCUT2D eigenvalue weighted by Crippen LogP contribution is -2.47. The van der Waals surface area contributed by atoms with Gasteiger partial charge in [0, 0.05) is 19.6 Å². The molecule has 0 saturated heterocycles. The number of hydrogen-bond donors (Lipinski definition) is 2. The van der Waals surface area contributed by atoms with E-state index in [-0.39, 0.29) is 17.7 Å². The zero-order valence-electron chi connectivity index (χ0n) is 17.9. The number of ether oxygens (including phenoxy) is 2. The fraction of sp³-hybridized carbons (Fsp3) is 0.375. The highest BCUT2D eigenvalue weighted by atomic mass is 16.5. The molecule has 160 valence electrons. The van der Waals surface area contributed by atoms with Gasteiger partial charge in [0.15, 0.2) is 11.5 Å². The molecular formula is C24H30N2O4. The lowest BCUT2D eigenvalue weighted by molar-refractivity contribution is -0.125. The molecule has 2 aromatic carbocycles. The van der Waals surface area contributed by atoms with Gasteiger partial charge < -0.3 is 19.9 Å². The number of methoxy groups -OCH3 is 2. The number of carbonyl (C=O) groups excluding carboxylic acids is 1. The van der Waals surface area contributed by atoms with E-state index in [0.29, 0.717) is 18.0 Å². The van der Waals surface area contributed by atoms with Crippen molar-refractivity contribution in [3.8, 4) is 17.2 Å². The van der Waals surface area contributed by atoms with Crippen molar-refractivity contribution in [3.63, 3.8) is 0 Å². The number of rotatable bonds is 8. The average Bonchev–Trinajstić information content (AvgIpc) is 2.79. The molecule has 30 heavy (non-hydrogen) atoms. The van der Waals surface area contributed by atoms with Crippen LogP contribution in [0.25, 0.3) is 5.57 Å². The highest BCUT2D eigenvalue weighted by Crippen LogP contribution is 2.28. The summed E-state index contributed by atoms with van der Waals surface area (Å²) in [5.41, 5.74) is 3.46. The molecule has 1 atom stereocenters. The summed E-state index contributed by atoms with van der Waals surface area (Å²) in [5.74, 6) is 1.70. The maximum absolute atomic E-state index is 12.6. The van der Waals surface area contributed by atoms with Gasteiger partial charge in [0.1, 0.15) is 5.75 Å². The summed E-state index contributed by atoms with van der Waals surface area (Å²) >= 11 is 0. The minimum Gasteiger partial charge on any atom is -0.508 e. The van der Waals surface area contributed by atoms with Crippen molar-refractivity contribution in [1.29, 1.82) is 0 Å². The van der Waals surface area contributed by atoms with Gasteiger partial charge in [-0.25, -0.2) is 0 Å². The van der Waals surface area contributed by atoms with Crippen LogP contribution in [0.2, 0.25) is 0 Å². The van der Waals surface area contributed by atoms with Crippen molar-refractivity contribution in [3.05, 3.63) is 59.7 Å². The molecule has 1 aliphatic rings. The topological polar surface area (TPSA) is 71.0 Å². The molecule has 2 N–H and O–H groups in total. The molecule has 0 radical (unpaired) electrons.